The van der Waals surface area contributed by atoms with Crippen molar-refractivity contribution in [1.82, 2.24) is 5.32 Å². The van der Waals surface area contributed by atoms with Crippen molar-refractivity contribution >= 4 is 28.9 Å². The molecule has 0 spiro atoms. The Labute approximate surface area is 147 Å². The molecule has 2 amide bonds. The minimum absolute atomic E-state index is 0.163. The fraction of sp³-hybridized carbons (Fsp3) is 0.125. The number of amides is 2. The maximum atomic E-state index is 12.4. The van der Waals surface area contributed by atoms with Gasteiger partial charge in [-0.1, -0.05) is 12.1 Å². The van der Waals surface area contributed by atoms with Crippen molar-refractivity contribution in [1.29, 1.82) is 0 Å². The van der Waals surface area contributed by atoms with Gasteiger partial charge < -0.3 is 10.6 Å². The van der Waals surface area contributed by atoms with Crippen molar-refractivity contribution in [2.45, 2.75) is 6.92 Å². The minimum atomic E-state index is -0.877. The molecule has 0 aliphatic carbocycles. The van der Waals surface area contributed by atoms with Gasteiger partial charge in [-0.05, 0) is 25.1 Å². The van der Waals surface area contributed by atoms with Crippen molar-refractivity contribution in [3.8, 4) is 0 Å². The van der Waals surface area contributed by atoms with Crippen LogP contribution >= 0.6 is 0 Å². The van der Waals surface area contributed by atoms with Crippen LogP contribution < -0.4 is 10.6 Å². The zero-order chi connectivity index (χ0) is 19.3. The molecule has 10 nitrogen and oxygen atoms in total. The highest BCUT2D eigenvalue weighted by Crippen LogP contribution is 2.26. The monoisotopic (exact) mass is 358 g/mol. The zero-order valence-electron chi connectivity index (χ0n) is 13.6. The van der Waals surface area contributed by atoms with Crippen LogP contribution in [-0.2, 0) is 0 Å². The third-order valence-electron chi connectivity index (χ3n) is 3.39. The fourth-order valence-electron chi connectivity index (χ4n) is 2.21. The molecule has 0 aromatic heterocycles. The van der Waals surface area contributed by atoms with E-state index in [2.05, 4.69) is 10.6 Å². The summed E-state index contributed by atoms with van der Waals surface area (Å²) >= 11 is 0. The Morgan fingerprint density at radius 2 is 1.65 bits per heavy atom. The lowest BCUT2D eigenvalue weighted by atomic mass is 10.1. The minimum Gasteiger partial charge on any atom is -0.352 e. The van der Waals surface area contributed by atoms with E-state index in [1.54, 1.807) is 19.1 Å². The van der Waals surface area contributed by atoms with Gasteiger partial charge in [-0.15, -0.1) is 0 Å². The van der Waals surface area contributed by atoms with Gasteiger partial charge in [0.2, 0.25) is 0 Å². The van der Waals surface area contributed by atoms with Gasteiger partial charge in [-0.3, -0.25) is 29.8 Å². The number of hydrogen-bond acceptors (Lipinski definition) is 6. The molecule has 0 saturated heterocycles. The fourth-order valence-corrected chi connectivity index (χ4v) is 2.21. The number of anilines is 1. The largest absolute Gasteiger partial charge is 0.352 e. The predicted octanol–water partition coefficient (Wildman–Crippen LogP) is 2.51. The molecule has 0 radical (unpaired) electrons. The third kappa shape index (κ3) is 3.98. The maximum absolute atomic E-state index is 12.4. The van der Waals surface area contributed by atoms with Crippen molar-refractivity contribution < 1.29 is 19.4 Å². The highest BCUT2D eigenvalue weighted by Gasteiger charge is 2.25. The molecule has 2 N–H and O–H groups in total. The Hall–Kier alpha value is -3.82. The molecule has 0 atom stereocenters. The first kappa shape index (κ1) is 18.5. The number of hydrogen-bond donors (Lipinski definition) is 2. The van der Waals surface area contributed by atoms with Crippen LogP contribution in [0.2, 0.25) is 0 Å². The maximum Gasteiger partial charge on any atom is 0.289 e. The van der Waals surface area contributed by atoms with Gasteiger partial charge in [0.15, 0.2) is 0 Å². The number of nitrogens with zero attached hydrogens (tertiary/aromatic N) is 2. The number of benzene rings is 2. The second kappa shape index (κ2) is 7.83. The first-order valence-electron chi connectivity index (χ1n) is 7.46. The van der Waals surface area contributed by atoms with Crippen LogP contribution in [0.5, 0.6) is 0 Å². The Balaban J connectivity index is 2.38. The van der Waals surface area contributed by atoms with Crippen molar-refractivity contribution in [2.24, 2.45) is 0 Å². The molecule has 0 fully saturated rings. The van der Waals surface area contributed by atoms with Crippen LogP contribution in [0.25, 0.3) is 0 Å². The molecule has 0 aliphatic heterocycles. The molecule has 2 aromatic rings. The third-order valence-corrected chi connectivity index (χ3v) is 3.39. The molecule has 2 aromatic carbocycles. The summed E-state index contributed by atoms with van der Waals surface area (Å²) in [6.07, 6.45) is 0. The van der Waals surface area contributed by atoms with E-state index in [1.165, 1.54) is 12.1 Å². The number of nitrogens with one attached hydrogen (secondary N) is 2. The number of nitro benzene ring substituents is 2. The lowest BCUT2D eigenvalue weighted by Gasteiger charge is -2.11. The standard InChI is InChI=1S/C16H14N4O6/c1-2-17-15(21)11-5-3-4-6-13(11)18-16(22)12-8-7-10(19(23)24)9-14(12)20(25)26/h3-9H,2H2,1H3,(H,17,21)(H,18,22). The molecule has 0 heterocycles. The van der Waals surface area contributed by atoms with Gasteiger partial charge in [-0.2, -0.15) is 0 Å². The SMILES string of the molecule is CCNC(=O)c1ccccc1NC(=O)c1ccc([N+](=O)[O-])cc1[N+](=O)[O-]. The molecular formula is C16H14N4O6. The predicted molar refractivity (Wildman–Crippen MR) is 92.2 cm³/mol. The van der Waals surface area contributed by atoms with E-state index in [0.717, 1.165) is 12.1 Å². The normalized spacial score (nSPS) is 10.0. The molecule has 0 aliphatic rings. The van der Waals surface area contributed by atoms with E-state index in [-0.39, 0.29) is 16.8 Å². The molecule has 0 saturated carbocycles. The topological polar surface area (TPSA) is 144 Å². The lowest BCUT2D eigenvalue weighted by Crippen LogP contribution is -2.25. The first-order valence-corrected chi connectivity index (χ1v) is 7.46. The van der Waals surface area contributed by atoms with Crippen LogP contribution in [-0.4, -0.2) is 28.2 Å². The summed E-state index contributed by atoms with van der Waals surface area (Å²) in [5.41, 5.74) is -1.21. The van der Waals surface area contributed by atoms with E-state index in [4.69, 9.17) is 0 Å². The average molecular weight is 358 g/mol. The summed E-state index contributed by atoms with van der Waals surface area (Å²) in [4.78, 5) is 44.7. The summed E-state index contributed by atoms with van der Waals surface area (Å²) in [5.74, 6) is -1.27. The summed E-state index contributed by atoms with van der Waals surface area (Å²) in [6.45, 7) is 2.12. The van der Waals surface area contributed by atoms with E-state index in [1.807, 2.05) is 0 Å². The highest BCUT2D eigenvalue weighted by atomic mass is 16.6. The Bertz CT molecular complexity index is 896. The Morgan fingerprint density at radius 3 is 2.27 bits per heavy atom. The molecular weight excluding hydrogens is 344 g/mol. The second-order valence-corrected chi connectivity index (χ2v) is 5.07. The molecule has 2 rings (SSSR count). The van der Waals surface area contributed by atoms with Crippen LogP contribution in [0.15, 0.2) is 42.5 Å². The highest BCUT2D eigenvalue weighted by molar-refractivity contribution is 6.10. The number of para-hydroxylation sites is 1. The molecule has 0 bridgehead atoms. The van der Waals surface area contributed by atoms with E-state index in [0.29, 0.717) is 12.6 Å². The zero-order valence-corrected chi connectivity index (χ0v) is 13.6. The Kier molecular flexibility index (Phi) is 5.58. The van der Waals surface area contributed by atoms with E-state index >= 15 is 0 Å². The second-order valence-electron chi connectivity index (χ2n) is 5.07. The molecule has 134 valence electrons. The molecule has 26 heavy (non-hydrogen) atoms. The van der Waals surface area contributed by atoms with Gasteiger partial charge in [0.05, 0.1) is 27.2 Å². The summed E-state index contributed by atoms with van der Waals surface area (Å²) < 4.78 is 0. The summed E-state index contributed by atoms with van der Waals surface area (Å²) in [5, 5.41) is 26.9. The van der Waals surface area contributed by atoms with Gasteiger partial charge >= 0.3 is 0 Å². The number of carbonyl (C=O) groups excluding carboxylic acids is 2. The number of non-ortho nitro benzene ring substituents is 1. The lowest BCUT2D eigenvalue weighted by molar-refractivity contribution is -0.394. The van der Waals surface area contributed by atoms with E-state index in [9.17, 15) is 29.8 Å². The Morgan fingerprint density at radius 1 is 0.962 bits per heavy atom. The number of carbonyl (C=O) groups is 2. The summed E-state index contributed by atoms with van der Waals surface area (Å²) in [6, 6.07) is 8.87. The van der Waals surface area contributed by atoms with Crippen molar-refractivity contribution in [2.75, 3.05) is 11.9 Å². The quantitative estimate of drug-likeness (QED) is 0.599. The van der Waals surface area contributed by atoms with Crippen LogP contribution in [0, 0.1) is 20.2 Å². The van der Waals surface area contributed by atoms with E-state index < -0.39 is 33.0 Å². The van der Waals surface area contributed by atoms with Gasteiger partial charge in [0.25, 0.3) is 23.2 Å². The van der Waals surface area contributed by atoms with Crippen molar-refractivity contribution in [3.63, 3.8) is 0 Å². The number of nitro groups is 2. The summed E-state index contributed by atoms with van der Waals surface area (Å²) in [7, 11) is 0. The van der Waals surface area contributed by atoms with Gasteiger partial charge in [0.1, 0.15) is 5.56 Å². The van der Waals surface area contributed by atoms with Crippen LogP contribution in [0.1, 0.15) is 27.6 Å². The van der Waals surface area contributed by atoms with Gasteiger partial charge in [0, 0.05) is 12.6 Å². The van der Waals surface area contributed by atoms with Crippen LogP contribution in [0.3, 0.4) is 0 Å². The van der Waals surface area contributed by atoms with Crippen molar-refractivity contribution in [3.05, 3.63) is 73.8 Å². The molecule has 10 heteroatoms. The first-order chi connectivity index (χ1) is 12.3. The number of rotatable bonds is 6. The smallest absolute Gasteiger partial charge is 0.289 e. The van der Waals surface area contributed by atoms with Gasteiger partial charge in [-0.25, -0.2) is 0 Å². The molecule has 0 unspecified atom stereocenters. The van der Waals surface area contributed by atoms with Crippen LogP contribution in [0.4, 0.5) is 17.1 Å². The average Bonchev–Trinajstić information content (AvgIpc) is 2.61.